The number of amides is 2. The Hall–Kier alpha value is -0.990. The highest BCUT2D eigenvalue weighted by Crippen LogP contribution is 2.26. The largest absolute Gasteiger partial charge is 0.377 e. The highest BCUT2D eigenvalue weighted by atomic mass is 32.2. The van der Waals surface area contributed by atoms with Gasteiger partial charge in [0.1, 0.15) is 12.9 Å². The lowest BCUT2D eigenvalue weighted by Gasteiger charge is -2.22. The summed E-state index contributed by atoms with van der Waals surface area (Å²) in [5.74, 6) is -0.569. The molecule has 0 aromatic carbocycles. The molecule has 12 heteroatoms. The molecule has 1 fully saturated rings. The van der Waals surface area contributed by atoms with Gasteiger partial charge in [-0.15, -0.1) is 22.7 Å². The van der Waals surface area contributed by atoms with Crippen LogP contribution in [0.25, 0.3) is 0 Å². The van der Waals surface area contributed by atoms with Crippen LogP contribution < -0.4 is 5.32 Å². The highest BCUT2D eigenvalue weighted by molar-refractivity contribution is 7.76. The Morgan fingerprint density at radius 1 is 0.767 bits per heavy atom. The van der Waals surface area contributed by atoms with Crippen LogP contribution in [0.1, 0.15) is 19.3 Å². The maximum Gasteiger partial charge on any atom is 0.265 e. The highest BCUT2D eigenvalue weighted by Gasteiger charge is 2.25. The number of carbonyl (C=O) groups excluding carboxylic acids is 2. The van der Waals surface area contributed by atoms with E-state index in [1.54, 1.807) is 4.90 Å². The van der Waals surface area contributed by atoms with Gasteiger partial charge in [0, 0.05) is 20.1 Å². The van der Waals surface area contributed by atoms with Gasteiger partial charge in [0.25, 0.3) is 11.8 Å². The third-order valence-electron chi connectivity index (χ3n) is 3.99. The third-order valence-corrected chi connectivity index (χ3v) is 6.63. The molecule has 30 heavy (non-hydrogen) atoms. The van der Waals surface area contributed by atoms with Gasteiger partial charge in [0.05, 0.1) is 66.1 Å². The lowest BCUT2D eigenvalue weighted by molar-refractivity contribution is -0.0175. The quantitative estimate of drug-likeness (QED) is 0.636. The molecule has 2 heterocycles. The molecule has 2 amide bonds. The first-order chi connectivity index (χ1) is 14.6. The van der Waals surface area contributed by atoms with Crippen molar-refractivity contribution < 1.29 is 33.3 Å². The molecular weight excluding hydrogens is 452 g/mol. The van der Waals surface area contributed by atoms with Crippen molar-refractivity contribution >= 4 is 46.7 Å². The monoisotopic (exact) mass is 480 g/mol. The smallest absolute Gasteiger partial charge is 0.265 e. The molecule has 1 N–H and O–H groups in total. The first-order valence-electron chi connectivity index (χ1n) is 9.67. The zero-order valence-electron chi connectivity index (χ0n) is 17.0. The van der Waals surface area contributed by atoms with Crippen molar-refractivity contribution in [2.24, 2.45) is 0 Å². The van der Waals surface area contributed by atoms with Crippen LogP contribution in [-0.4, -0.2) is 103 Å². The van der Waals surface area contributed by atoms with Crippen molar-refractivity contribution in [3.63, 3.8) is 0 Å². The van der Waals surface area contributed by atoms with E-state index in [2.05, 4.69) is 5.32 Å². The Balaban J connectivity index is 1.99. The number of ether oxygens (including phenoxy) is 5. The second-order valence-electron chi connectivity index (χ2n) is 6.05. The summed E-state index contributed by atoms with van der Waals surface area (Å²) in [6.45, 7) is 5.14. The van der Waals surface area contributed by atoms with E-state index in [1.807, 2.05) is 0 Å². The van der Waals surface area contributed by atoms with E-state index in [4.69, 9.17) is 35.9 Å². The molecule has 0 aliphatic carbocycles. The number of hydrogen-bond acceptors (Lipinski definition) is 10. The van der Waals surface area contributed by atoms with E-state index in [1.165, 1.54) is 7.05 Å². The van der Waals surface area contributed by atoms with Gasteiger partial charge >= 0.3 is 0 Å². The maximum absolute atomic E-state index is 13.1. The molecule has 0 spiro atoms. The van der Waals surface area contributed by atoms with Crippen LogP contribution in [0.15, 0.2) is 0 Å². The molecule has 2 rings (SSSR count). The minimum absolute atomic E-state index is 0.253. The van der Waals surface area contributed by atoms with Crippen LogP contribution in [0.2, 0.25) is 0 Å². The molecule has 9 nitrogen and oxygen atoms in total. The van der Waals surface area contributed by atoms with Crippen LogP contribution in [-0.2, 0) is 23.7 Å². The molecule has 1 aliphatic rings. The van der Waals surface area contributed by atoms with Gasteiger partial charge in [0.15, 0.2) is 0 Å². The number of carbonyl (C=O) groups is 2. The molecule has 0 unspecified atom stereocenters. The number of nitrogens with one attached hydrogen (secondary N) is 1. The number of nitrogens with zero attached hydrogens (tertiary/aromatic N) is 1. The van der Waals surface area contributed by atoms with Gasteiger partial charge < -0.3 is 33.9 Å². The lowest BCUT2D eigenvalue weighted by Crippen LogP contribution is -2.37. The number of rotatable bonds is 2. The van der Waals surface area contributed by atoms with E-state index in [0.29, 0.717) is 92.1 Å². The summed E-state index contributed by atoms with van der Waals surface area (Å²) in [6, 6.07) is 0. The minimum atomic E-state index is -0.317. The second kappa shape index (κ2) is 14.9. The minimum Gasteiger partial charge on any atom is -0.377 e. The average molecular weight is 481 g/mol. The second-order valence-corrected chi connectivity index (χ2v) is 9.27. The molecule has 0 radical (unpaired) electrons. The summed E-state index contributed by atoms with van der Waals surface area (Å²) in [5, 5.41) is 2.56. The van der Waals surface area contributed by atoms with E-state index in [0.717, 1.165) is 22.7 Å². The first kappa shape index (κ1) is 25.3. The standard InChI is InChI=1S/C18H28N2O7S3/c1-19-16(21)14-15(30-18(28)29-14)17(22)20-2-4-23-6-8-25-10-12-27-13-11-26-9-7-24-5-3-20/h2-13H2,1H3,(H,19,21). The fourth-order valence-corrected chi connectivity index (χ4v) is 5.00. The zero-order valence-corrected chi connectivity index (χ0v) is 19.5. The van der Waals surface area contributed by atoms with Crippen molar-refractivity contribution in [3.8, 4) is 0 Å². The van der Waals surface area contributed by atoms with Gasteiger partial charge in [-0.05, 0) is 0 Å². The maximum atomic E-state index is 13.1. The van der Waals surface area contributed by atoms with Gasteiger partial charge in [-0.1, -0.05) is 12.2 Å². The molecule has 1 aromatic heterocycles. The molecule has 1 aliphatic heterocycles. The Labute approximate surface area is 189 Å². The summed E-state index contributed by atoms with van der Waals surface area (Å²) >= 11 is 7.50. The first-order valence-corrected chi connectivity index (χ1v) is 11.7. The molecule has 170 valence electrons. The van der Waals surface area contributed by atoms with Crippen LogP contribution in [0.3, 0.4) is 0 Å². The van der Waals surface area contributed by atoms with Gasteiger partial charge in [-0.2, -0.15) is 0 Å². The van der Waals surface area contributed by atoms with E-state index >= 15 is 0 Å². The van der Waals surface area contributed by atoms with Gasteiger partial charge in [-0.25, -0.2) is 0 Å². The van der Waals surface area contributed by atoms with Gasteiger partial charge in [0.2, 0.25) is 0 Å². The normalized spacial score (nSPS) is 18.9. The Morgan fingerprint density at radius 3 is 1.60 bits per heavy atom. The molecule has 0 saturated carbocycles. The summed E-state index contributed by atoms with van der Waals surface area (Å²) < 4.78 is 28.0. The Kier molecular flexibility index (Phi) is 12.6. The summed E-state index contributed by atoms with van der Waals surface area (Å²) in [4.78, 5) is 27.6. The Bertz CT molecular complexity index is 692. The Morgan fingerprint density at radius 2 is 1.17 bits per heavy atom. The van der Waals surface area contributed by atoms with Crippen molar-refractivity contribution in [2.45, 2.75) is 0 Å². The fourth-order valence-electron chi connectivity index (χ4n) is 2.47. The van der Waals surface area contributed by atoms with Crippen molar-refractivity contribution in [3.05, 3.63) is 12.9 Å². The van der Waals surface area contributed by atoms with Gasteiger partial charge in [-0.3, -0.25) is 9.59 Å². The van der Waals surface area contributed by atoms with Crippen LogP contribution in [0, 0.1) is 3.14 Å². The van der Waals surface area contributed by atoms with Crippen LogP contribution >= 0.6 is 34.9 Å². The summed E-state index contributed by atoms with van der Waals surface area (Å²) in [7, 11) is 1.53. The van der Waals surface area contributed by atoms with E-state index < -0.39 is 0 Å². The zero-order chi connectivity index (χ0) is 21.6. The SMILES string of the molecule is CNC(=O)c1sc(=S)sc1C(=O)N1CCOCCOCCOCCOCCOCC1. The molecular formula is C18H28N2O7S3. The van der Waals surface area contributed by atoms with Crippen LogP contribution in [0.4, 0.5) is 0 Å². The van der Waals surface area contributed by atoms with Crippen molar-refractivity contribution in [2.75, 3.05) is 86.2 Å². The van der Waals surface area contributed by atoms with Crippen molar-refractivity contribution in [1.29, 1.82) is 0 Å². The third kappa shape index (κ3) is 9.02. The topological polar surface area (TPSA) is 95.6 Å². The van der Waals surface area contributed by atoms with Crippen molar-refractivity contribution in [1.82, 2.24) is 10.2 Å². The summed E-state index contributed by atoms with van der Waals surface area (Å²) in [5.41, 5.74) is 0. The predicted octanol–water partition coefficient (Wildman–Crippen LogP) is 1.44. The van der Waals surface area contributed by atoms with Crippen LogP contribution in [0.5, 0.6) is 0 Å². The molecule has 1 aromatic rings. The summed E-state index contributed by atoms with van der Waals surface area (Å²) in [6.07, 6.45) is 0. The average Bonchev–Trinajstić information content (AvgIpc) is 3.14. The fraction of sp³-hybridized carbons (Fsp3) is 0.722. The van der Waals surface area contributed by atoms with E-state index in [-0.39, 0.29) is 11.8 Å². The molecule has 0 atom stereocenters. The molecule has 0 bridgehead atoms. The molecule has 1 saturated heterocycles. The number of hydrogen-bond donors (Lipinski definition) is 1. The predicted molar refractivity (Wildman–Crippen MR) is 116 cm³/mol. The van der Waals surface area contributed by atoms with E-state index in [9.17, 15) is 9.59 Å². The lowest BCUT2D eigenvalue weighted by atomic mass is 10.3.